The van der Waals surface area contributed by atoms with Gasteiger partial charge in [-0.15, -0.1) is 0 Å². The number of hydrogen-bond donors (Lipinski definition) is 1. The van der Waals surface area contributed by atoms with Crippen molar-refractivity contribution in [3.63, 3.8) is 0 Å². The Balaban J connectivity index is 0.000000302. The monoisotopic (exact) mass is 241 g/mol. The summed E-state index contributed by atoms with van der Waals surface area (Å²) in [4.78, 5) is 10.00. The predicted molar refractivity (Wildman–Crippen MR) is 63.7 cm³/mol. The van der Waals surface area contributed by atoms with E-state index in [0.29, 0.717) is 12.3 Å². The first kappa shape index (κ1) is 15.6. The van der Waals surface area contributed by atoms with Crippen molar-refractivity contribution in [1.82, 2.24) is 4.57 Å². The van der Waals surface area contributed by atoms with Crippen molar-refractivity contribution in [3.05, 3.63) is 18.7 Å². The van der Waals surface area contributed by atoms with E-state index in [-0.39, 0.29) is 0 Å². The van der Waals surface area contributed by atoms with E-state index >= 15 is 0 Å². The average Bonchev–Trinajstić information content (AvgIpc) is 2.64. The Labute approximate surface area is 103 Å². The highest BCUT2D eigenvalue weighted by atomic mass is 16.4. The minimum absolute atomic E-state index is 0.317. The molecule has 1 rings (SSSR count). The standard InChI is InChI=1S/C6H11N2.C6H13NO2/c1-3-8-5-4-7(2)6-8;1-4(2)3-5(7)6(8)9/h4-6H,3H2,1-2H3;4-5H,3,7H2,1-2H3,(H,8,9)/q+1;/p-1/t;5-/m.0/s1. The van der Waals surface area contributed by atoms with Gasteiger partial charge in [0.05, 0.1) is 19.6 Å². The molecule has 17 heavy (non-hydrogen) atoms. The Bertz CT molecular complexity index is 334. The van der Waals surface area contributed by atoms with E-state index in [1.54, 1.807) is 0 Å². The smallest absolute Gasteiger partial charge is 0.243 e. The second-order valence-electron chi connectivity index (χ2n) is 4.46. The number of imidazole rings is 1. The molecule has 5 nitrogen and oxygen atoms in total. The molecular weight excluding hydrogens is 218 g/mol. The van der Waals surface area contributed by atoms with Crippen LogP contribution in [0.3, 0.4) is 0 Å². The summed E-state index contributed by atoms with van der Waals surface area (Å²) in [6, 6.07) is -0.801. The van der Waals surface area contributed by atoms with Crippen molar-refractivity contribution in [2.24, 2.45) is 18.7 Å². The molecule has 0 saturated heterocycles. The predicted octanol–water partition coefficient (Wildman–Crippen LogP) is -0.558. The van der Waals surface area contributed by atoms with Gasteiger partial charge in [-0.25, -0.2) is 9.13 Å². The van der Waals surface area contributed by atoms with Crippen LogP contribution < -0.4 is 15.4 Å². The van der Waals surface area contributed by atoms with E-state index in [1.165, 1.54) is 0 Å². The fraction of sp³-hybridized carbons (Fsp3) is 0.667. The zero-order chi connectivity index (χ0) is 13.4. The van der Waals surface area contributed by atoms with E-state index in [4.69, 9.17) is 5.73 Å². The summed E-state index contributed by atoms with van der Waals surface area (Å²) in [7, 11) is 2.02. The molecule has 0 radical (unpaired) electrons. The molecule has 1 atom stereocenters. The van der Waals surface area contributed by atoms with Gasteiger partial charge < -0.3 is 15.6 Å². The maximum Gasteiger partial charge on any atom is 0.243 e. The summed E-state index contributed by atoms with van der Waals surface area (Å²) < 4.78 is 4.16. The lowest BCUT2D eigenvalue weighted by Gasteiger charge is -2.13. The second-order valence-corrected chi connectivity index (χ2v) is 4.46. The van der Waals surface area contributed by atoms with Crippen molar-refractivity contribution >= 4 is 5.97 Å². The van der Waals surface area contributed by atoms with E-state index in [1.807, 2.05) is 31.7 Å². The summed E-state index contributed by atoms with van der Waals surface area (Å²) in [5.41, 5.74) is 5.16. The Morgan fingerprint density at radius 1 is 1.53 bits per heavy atom. The molecule has 2 N–H and O–H groups in total. The van der Waals surface area contributed by atoms with Crippen LogP contribution in [0.1, 0.15) is 27.2 Å². The topological polar surface area (TPSA) is 75.0 Å². The zero-order valence-electron chi connectivity index (χ0n) is 11.1. The van der Waals surface area contributed by atoms with Crippen molar-refractivity contribution in [2.75, 3.05) is 0 Å². The highest BCUT2D eigenvalue weighted by Gasteiger charge is 2.04. The van der Waals surface area contributed by atoms with E-state index in [9.17, 15) is 9.90 Å². The van der Waals surface area contributed by atoms with Gasteiger partial charge in [0, 0.05) is 6.04 Å². The summed E-state index contributed by atoms with van der Waals surface area (Å²) in [6.07, 6.45) is 6.63. The lowest BCUT2D eigenvalue weighted by atomic mass is 10.1. The molecule has 1 aromatic heterocycles. The normalized spacial score (nSPS) is 11.9. The molecule has 1 aromatic rings. The lowest BCUT2D eigenvalue weighted by Crippen LogP contribution is -2.42. The Kier molecular flexibility index (Phi) is 7.21. The van der Waals surface area contributed by atoms with Crippen molar-refractivity contribution in [2.45, 2.75) is 39.8 Å². The Morgan fingerprint density at radius 3 is 2.29 bits per heavy atom. The van der Waals surface area contributed by atoms with Gasteiger partial charge in [0.15, 0.2) is 0 Å². The highest BCUT2D eigenvalue weighted by molar-refractivity contribution is 5.70. The number of carbonyl (C=O) groups excluding carboxylic acids is 1. The van der Waals surface area contributed by atoms with Gasteiger partial charge in [0.25, 0.3) is 0 Å². The first-order valence-corrected chi connectivity index (χ1v) is 5.84. The first-order chi connectivity index (χ1) is 7.86. The molecule has 0 unspecified atom stereocenters. The molecule has 5 heteroatoms. The minimum Gasteiger partial charge on any atom is -0.548 e. The van der Waals surface area contributed by atoms with Gasteiger partial charge in [0.2, 0.25) is 6.33 Å². The zero-order valence-corrected chi connectivity index (χ0v) is 11.1. The fourth-order valence-corrected chi connectivity index (χ4v) is 1.29. The molecule has 0 aliphatic rings. The van der Waals surface area contributed by atoms with Gasteiger partial charge in [-0.1, -0.05) is 13.8 Å². The average molecular weight is 241 g/mol. The minimum atomic E-state index is -1.16. The summed E-state index contributed by atoms with van der Waals surface area (Å²) in [5, 5.41) is 10.00. The SMILES string of the molecule is CC(C)C[C@H](N)C(=O)[O-].CCn1cc[n+](C)c1. The van der Waals surface area contributed by atoms with E-state index in [2.05, 4.69) is 24.0 Å². The van der Waals surface area contributed by atoms with Gasteiger partial charge in [0.1, 0.15) is 12.4 Å². The van der Waals surface area contributed by atoms with E-state index in [0.717, 1.165) is 6.54 Å². The third-order valence-corrected chi connectivity index (χ3v) is 2.22. The molecule has 1 heterocycles. The van der Waals surface area contributed by atoms with Crippen LogP contribution in [-0.4, -0.2) is 16.6 Å². The third-order valence-electron chi connectivity index (χ3n) is 2.22. The quantitative estimate of drug-likeness (QED) is 0.718. The molecule has 0 amide bonds. The number of rotatable bonds is 4. The Hall–Kier alpha value is -1.36. The van der Waals surface area contributed by atoms with Crippen molar-refractivity contribution in [3.8, 4) is 0 Å². The molecule has 0 saturated carbocycles. The number of aromatic nitrogens is 2. The number of carboxylic acid groups (broad SMARTS) is 1. The van der Waals surface area contributed by atoms with Gasteiger partial charge in [-0.3, -0.25) is 0 Å². The van der Waals surface area contributed by atoms with Crippen LogP contribution >= 0.6 is 0 Å². The summed E-state index contributed by atoms with van der Waals surface area (Å²) in [5.74, 6) is -0.846. The lowest BCUT2D eigenvalue weighted by molar-refractivity contribution is -0.671. The Morgan fingerprint density at radius 2 is 2.12 bits per heavy atom. The van der Waals surface area contributed by atoms with Crippen LogP contribution in [0.4, 0.5) is 0 Å². The second kappa shape index (κ2) is 7.84. The van der Waals surface area contributed by atoms with Crippen molar-refractivity contribution < 1.29 is 14.5 Å². The van der Waals surface area contributed by atoms with Crippen LogP contribution in [0.25, 0.3) is 0 Å². The molecule has 0 fully saturated rings. The van der Waals surface area contributed by atoms with Crippen LogP contribution in [0.2, 0.25) is 0 Å². The van der Waals surface area contributed by atoms with Crippen LogP contribution in [-0.2, 0) is 18.4 Å². The number of nitrogens with zero attached hydrogens (tertiary/aromatic N) is 2. The van der Waals surface area contributed by atoms with Crippen molar-refractivity contribution in [1.29, 1.82) is 0 Å². The molecule has 0 aliphatic heterocycles. The molecular formula is C12H23N3O2. The molecule has 0 aromatic carbocycles. The van der Waals surface area contributed by atoms with Crippen LogP contribution in [0.5, 0.6) is 0 Å². The summed E-state index contributed by atoms with van der Waals surface area (Å²) >= 11 is 0. The maximum absolute atomic E-state index is 10.00. The van der Waals surface area contributed by atoms with Crippen LogP contribution in [0.15, 0.2) is 18.7 Å². The number of carbonyl (C=O) groups is 1. The molecule has 0 spiro atoms. The van der Waals surface area contributed by atoms with Gasteiger partial charge >= 0.3 is 0 Å². The molecule has 98 valence electrons. The first-order valence-electron chi connectivity index (χ1n) is 5.84. The number of aliphatic carboxylic acids is 1. The van der Waals surface area contributed by atoms with E-state index < -0.39 is 12.0 Å². The van der Waals surface area contributed by atoms with Gasteiger partial charge in [-0.2, -0.15) is 0 Å². The maximum atomic E-state index is 10.00. The van der Waals surface area contributed by atoms with Gasteiger partial charge in [-0.05, 0) is 19.3 Å². The third kappa shape index (κ3) is 7.52. The number of nitrogens with two attached hydrogens (primary N) is 1. The molecule has 0 aliphatic carbocycles. The van der Waals surface area contributed by atoms with Crippen LogP contribution in [0, 0.1) is 5.92 Å². The fourth-order valence-electron chi connectivity index (χ4n) is 1.29. The molecule has 0 bridgehead atoms. The largest absolute Gasteiger partial charge is 0.548 e. The number of aryl methyl sites for hydroxylation is 2. The highest BCUT2D eigenvalue weighted by Crippen LogP contribution is 2.00. The number of hydrogen-bond acceptors (Lipinski definition) is 3. The number of carboxylic acids is 1. The summed E-state index contributed by atoms with van der Waals surface area (Å²) in [6.45, 7) is 7.02.